The van der Waals surface area contributed by atoms with E-state index in [1.807, 2.05) is 50.2 Å². The van der Waals surface area contributed by atoms with Crippen molar-refractivity contribution in [2.75, 3.05) is 5.32 Å². The van der Waals surface area contributed by atoms with Gasteiger partial charge in [0.25, 0.3) is 20.2 Å². The lowest BCUT2D eigenvalue weighted by Crippen LogP contribution is -2.06. The smallest absolute Gasteiger partial charge is 0.295 e. The van der Waals surface area contributed by atoms with Gasteiger partial charge in [0.2, 0.25) is 0 Å². The third kappa shape index (κ3) is 5.81. The summed E-state index contributed by atoms with van der Waals surface area (Å²) in [6.45, 7) is 7.38. The van der Waals surface area contributed by atoms with Crippen LogP contribution >= 0.6 is 0 Å². The second kappa shape index (κ2) is 11.5. The molecule has 0 amide bonds. The second-order valence-corrected chi connectivity index (χ2v) is 14.0. The molecule has 0 radical (unpaired) electrons. The summed E-state index contributed by atoms with van der Waals surface area (Å²) in [6, 6.07) is 25.8. The van der Waals surface area contributed by atoms with E-state index in [-0.39, 0.29) is 9.79 Å². The van der Waals surface area contributed by atoms with Crippen LogP contribution in [0.25, 0.3) is 33.4 Å². The number of hydrogen-bond acceptors (Lipinski definition) is 7. The number of para-hydroxylation sites is 1. The van der Waals surface area contributed by atoms with Crippen molar-refractivity contribution in [1.82, 2.24) is 0 Å². The highest BCUT2D eigenvalue weighted by molar-refractivity contribution is 7.86. The van der Waals surface area contributed by atoms with E-state index in [0.29, 0.717) is 55.6 Å². The van der Waals surface area contributed by atoms with Crippen LogP contribution in [-0.2, 0) is 20.2 Å². The molecule has 1 aliphatic heterocycles. The number of hydrogen-bond donors (Lipinski definition) is 3. The van der Waals surface area contributed by atoms with Crippen molar-refractivity contribution in [3.8, 4) is 22.5 Å². The quantitative estimate of drug-likeness (QED) is 0.121. The standard InChI is InChI=1S/C35H30N2O7S2/c1-20-8-7-9-21(2)34(20)36-24-13-15-26-29(18-24)44-30-19-25(37-35-22(3)12-17-31(23(35)4)45(38,39)40)14-16-27(30)33(26)28-10-5-6-11-32(28)46(41,42)43/h5-19,36H,1-4H3,(H,38,39,40)(H,41,42,43)/b37-25+. The highest BCUT2D eigenvalue weighted by Crippen LogP contribution is 2.43. The van der Waals surface area contributed by atoms with Gasteiger partial charge >= 0.3 is 0 Å². The summed E-state index contributed by atoms with van der Waals surface area (Å²) < 4.78 is 75.2. The average Bonchev–Trinajstić information content (AvgIpc) is 2.98. The van der Waals surface area contributed by atoms with Gasteiger partial charge in [-0.05, 0) is 86.3 Å². The first-order chi connectivity index (χ1) is 21.7. The molecule has 3 N–H and O–H groups in total. The van der Waals surface area contributed by atoms with Gasteiger partial charge in [-0.2, -0.15) is 16.8 Å². The summed E-state index contributed by atoms with van der Waals surface area (Å²) in [5, 5.41) is 4.52. The number of fused-ring (bicyclic) bond motifs is 2. The van der Waals surface area contributed by atoms with Crippen molar-refractivity contribution < 1.29 is 30.4 Å². The van der Waals surface area contributed by atoms with E-state index in [2.05, 4.69) is 5.32 Å². The molecule has 4 aromatic carbocycles. The molecule has 234 valence electrons. The molecule has 0 spiro atoms. The van der Waals surface area contributed by atoms with Crippen molar-refractivity contribution in [2.24, 2.45) is 4.99 Å². The van der Waals surface area contributed by atoms with Gasteiger partial charge in [-0.15, -0.1) is 0 Å². The molecular formula is C35H30N2O7S2. The van der Waals surface area contributed by atoms with E-state index in [4.69, 9.17) is 9.41 Å². The molecule has 6 rings (SSSR count). The zero-order valence-electron chi connectivity index (χ0n) is 25.4. The molecule has 1 aliphatic carbocycles. The molecule has 9 nitrogen and oxygen atoms in total. The third-order valence-electron chi connectivity index (χ3n) is 7.99. The number of rotatable bonds is 6. The van der Waals surface area contributed by atoms with Crippen LogP contribution in [0.3, 0.4) is 0 Å². The molecule has 11 heteroatoms. The van der Waals surface area contributed by atoms with Gasteiger partial charge in [0.15, 0.2) is 0 Å². The Balaban J connectivity index is 1.64. The number of nitrogens with one attached hydrogen (secondary N) is 1. The van der Waals surface area contributed by atoms with Gasteiger partial charge in [0.05, 0.1) is 15.9 Å². The Bertz CT molecular complexity index is 2430. The molecule has 0 saturated heterocycles. The lowest BCUT2D eigenvalue weighted by Gasteiger charge is -2.18. The number of nitrogens with zero attached hydrogens (tertiary/aromatic N) is 1. The molecule has 1 heterocycles. The van der Waals surface area contributed by atoms with Crippen LogP contribution in [0.15, 0.2) is 110 Å². The average molecular weight is 655 g/mol. The molecule has 0 saturated carbocycles. The molecule has 0 unspecified atom stereocenters. The Hall–Kier alpha value is -4.81. The first kappa shape index (κ1) is 31.2. The van der Waals surface area contributed by atoms with Crippen LogP contribution in [0, 0.1) is 27.7 Å². The number of aryl methyl sites for hydroxylation is 3. The Labute approximate surface area is 266 Å². The Morgan fingerprint density at radius 3 is 2.07 bits per heavy atom. The van der Waals surface area contributed by atoms with Gasteiger partial charge in [0.1, 0.15) is 16.2 Å². The predicted molar refractivity (Wildman–Crippen MR) is 178 cm³/mol. The topological polar surface area (TPSA) is 146 Å². The van der Waals surface area contributed by atoms with Gasteiger partial charge < -0.3 is 9.73 Å². The zero-order valence-corrected chi connectivity index (χ0v) is 27.0. The van der Waals surface area contributed by atoms with Crippen LogP contribution in [0.1, 0.15) is 22.3 Å². The van der Waals surface area contributed by atoms with E-state index < -0.39 is 20.2 Å². The van der Waals surface area contributed by atoms with Crippen LogP contribution in [0.5, 0.6) is 0 Å². The zero-order chi connectivity index (χ0) is 33.0. The molecule has 0 aromatic heterocycles. The van der Waals surface area contributed by atoms with E-state index >= 15 is 0 Å². The minimum Gasteiger partial charge on any atom is -0.456 e. The maximum Gasteiger partial charge on any atom is 0.295 e. The van der Waals surface area contributed by atoms with Gasteiger partial charge in [-0.3, -0.25) is 9.11 Å². The van der Waals surface area contributed by atoms with Crippen molar-refractivity contribution in [1.29, 1.82) is 0 Å². The minimum absolute atomic E-state index is 0.235. The molecule has 0 bridgehead atoms. The van der Waals surface area contributed by atoms with Crippen molar-refractivity contribution in [3.05, 3.63) is 119 Å². The second-order valence-electron chi connectivity index (χ2n) is 11.2. The number of benzene rings is 5. The molecule has 46 heavy (non-hydrogen) atoms. The van der Waals surface area contributed by atoms with Crippen molar-refractivity contribution >= 4 is 48.3 Å². The van der Waals surface area contributed by atoms with Gasteiger partial charge in [-0.25, -0.2) is 4.99 Å². The monoisotopic (exact) mass is 654 g/mol. The third-order valence-corrected chi connectivity index (χ3v) is 9.90. The van der Waals surface area contributed by atoms with E-state index in [0.717, 1.165) is 22.5 Å². The van der Waals surface area contributed by atoms with Gasteiger partial charge in [-0.1, -0.05) is 42.5 Å². The maximum atomic E-state index is 12.5. The summed E-state index contributed by atoms with van der Waals surface area (Å²) in [6.07, 6.45) is 0. The summed E-state index contributed by atoms with van der Waals surface area (Å²) in [5.41, 5.74) is 7.05. The fourth-order valence-electron chi connectivity index (χ4n) is 5.77. The summed E-state index contributed by atoms with van der Waals surface area (Å²) in [4.78, 5) is 4.23. The molecule has 2 aliphatic rings. The lowest BCUT2D eigenvalue weighted by atomic mass is 9.93. The maximum absolute atomic E-state index is 12.5. The van der Waals surface area contributed by atoms with Gasteiger partial charge in [0, 0.05) is 45.6 Å². The Morgan fingerprint density at radius 2 is 1.37 bits per heavy atom. The fourth-order valence-corrected chi connectivity index (χ4v) is 7.19. The largest absolute Gasteiger partial charge is 0.456 e. The van der Waals surface area contributed by atoms with Crippen molar-refractivity contribution in [2.45, 2.75) is 37.5 Å². The minimum atomic E-state index is -4.58. The fraction of sp³-hybridized carbons (Fsp3) is 0.114. The summed E-state index contributed by atoms with van der Waals surface area (Å²) in [7, 11) is -9.05. The Kier molecular flexibility index (Phi) is 7.81. The Morgan fingerprint density at radius 1 is 0.674 bits per heavy atom. The van der Waals surface area contributed by atoms with E-state index in [1.54, 1.807) is 56.3 Å². The molecule has 0 atom stereocenters. The van der Waals surface area contributed by atoms with Crippen LogP contribution in [-0.4, -0.2) is 25.9 Å². The SMILES string of the molecule is Cc1ccc(S(=O)(=O)O)c(C)c1/N=c1\ccc2c(-c3ccccc3S(=O)(=O)O)c3ccc(Nc4c(C)cccc4C)cc3oc-2c1. The summed E-state index contributed by atoms with van der Waals surface area (Å²) in [5.74, 6) is 0.374. The van der Waals surface area contributed by atoms with E-state index in [1.165, 1.54) is 12.1 Å². The van der Waals surface area contributed by atoms with Crippen LogP contribution in [0.4, 0.5) is 17.1 Å². The molecule has 0 fully saturated rings. The van der Waals surface area contributed by atoms with Crippen molar-refractivity contribution in [3.63, 3.8) is 0 Å². The first-order valence-electron chi connectivity index (χ1n) is 14.3. The first-order valence-corrected chi connectivity index (χ1v) is 17.1. The summed E-state index contributed by atoms with van der Waals surface area (Å²) >= 11 is 0. The normalized spacial score (nSPS) is 12.6. The van der Waals surface area contributed by atoms with Crippen LogP contribution in [0.2, 0.25) is 0 Å². The lowest BCUT2D eigenvalue weighted by molar-refractivity contribution is 0.480. The predicted octanol–water partition coefficient (Wildman–Crippen LogP) is 7.91. The molecular weight excluding hydrogens is 625 g/mol. The van der Waals surface area contributed by atoms with Crippen LogP contribution < -0.4 is 10.7 Å². The molecule has 4 aromatic rings. The van der Waals surface area contributed by atoms with E-state index in [9.17, 15) is 25.9 Å². The highest BCUT2D eigenvalue weighted by atomic mass is 32.2. The number of anilines is 2. The highest BCUT2D eigenvalue weighted by Gasteiger charge is 2.24.